The van der Waals surface area contributed by atoms with Crippen LogP contribution in [0.4, 0.5) is 0 Å². The summed E-state index contributed by atoms with van der Waals surface area (Å²) in [4.78, 5) is 13.5. The van der Waals surface area contributed by atoms with Gasteiger partial charge in [0, 0.05) is 13.2 Å². The number of aldehydes is 1. The van der Waals surface area contributed by atoms with E-state index >= 15 is 0 Å². The van der Waals surface area contributed by atoms with E-state index in [2.05, 4.69) is 25.8 Å². The highest BCUT2D eigenvalue weighted by molar-refractivity contribution is 5.60. The quantitative estimate of drug-likeness (QED) is 0.650. The molecule has 1 atom stereocenters. The lowest BCUT2D eigenvalue weighted by Gasteiger charge is -2.35. The molecule has 0 saturated carbocycles. The molecule has 0 aromatic rings. The third kappa shape index (κ3) is 4.22. The predicted octanol–water partition coefficient (Wildman–Crippen LogP) is 1.96. The Labute approximate surface area is 99.1 Å². The molecule has 0 N–H and O–H groups in total. The van der Waals surface area contributed by atoms with E-state index in [0.717, 1.165) is 44.7 Å². The normalized spacial score (nSPS) is 26.3. The summed E-state index contributed by atoms with van der Waals surface area (Å²) in [5.41, 5.74) is -0.246. The number of carbonyl (C=O) groups is 1. The van der Waals surface area contributed by atoms with Gasteiger partial charge in [0.15, 0.2) is 0 Å². The van der Waals surface area contributed by atoms with Gasteiger partial charge in [0.1, 0.15) is 6.29 Å². The topological polar surface area (TPSA) is 29.5 Å². The molecule has 0 aliphatic carbocycles. The van der Waals surface area contributed by atoms with Gasteiger partial charge < -0.3 is 14.4 Å². The molecule has 1 rings (SSSR count). The first-order chi connectivity index (χ1) is 7.58. The zero-order chi connectivity index (χ0) is 12.0. The van der Waals surface area contributed by atoms with Gasteiger partial charge in [-0.2, -0.15) is 0 Å². The van der Waals surface area contributed by atoms with E-state index in [1.807, 2.05) is 0 Å². The molecule has 0 radical (unpaired) electrons. The van der Waals surface area contributed by atoms with Gasteiger partial charge in [0.25, 0.3) is 0 Å². The minimum atomic E-state index is -0.246. The van der Waals surface area contributed by atoms with Crippen molar-refractivity contribution in [1.82, 2.24) is 4.90 Å². The summed E-state index contributed by atoms with van der Waals surface area (Å²) in [6.45, 7) is 7.77. The van der Waals surface area contributed by atoms with Gasteiger partial charge >= 0.3 is 0 Å². The highest BCUT2D eigenvalue weighted by Gasteiger charge is 2.33. The number of ether oxygens (including phenoxy) is 1. The molecule has 16 heavy (non-hydrogen) atoms. The molecule has 0 spiro atoms. The third-order valence-electron chi connectivity index (χ3n) is 3.28. The summed E-state index contributed by atoms with van der Waals surface area (Å²) in [6, 6.07) is 0. The average molecular weight is 227 g/mol. The number of nitrogens with zero attached hydrogens (tertiary/aromatic N) is 1. The molecule has 0 bridgehead atoms. The fraction of sp³-hybridized carbons (Fsp3) is 0.923. The molecule has 3 heteroatoms. The van der Waals surface area contributed by atoms with Crippen molar-refractivity contribution in [2.24, 2.45) is 11.3 Å². The van der Waals surface area contributed by atoms with Crippen molar-refractivity contribution in [3.63, 3.8) is 0 Å². The van der Waals surface area contributed by atoms with Crippen molar-refractivity contribution >= 4 is 6.29 Å². The Hall–Kier alpha value is -0.410. The van der Waals surface area contributed by atoms with Gasteiger partial charge in [-0.1, -0.05) is 13.8 Å². The van der Waals surface area contributed by atoms with Crippen LogP contribution in [0.2, 0.25) is 0 Å². The van der Waals surface area contributed by atoms with Crippen LogP contribution in [0.1, 0.15) is 33.1 Å². The standard InChI is InChI=1S/C13H25NO2/c1-12(2)5-7-14(3)9-13(10-15)6-4-8-16-11-13/h10,12H,4-9,11H2,1-3H3. The molecule has 0 aromatic carbocycles. The van der Waals surface area contributed by atoms with Crippen LogP contribution >= 0.6 is 0 Å². The molecule has 1 unspecified atom stereocenters. The maximum absolute atomic E-state index is 11.2. The van der Waals surface area contributed by atoms with E-state index in [-0.39, 0.29) is 5.41 Å². The Balaban J connectivity index is 2.39. The van der Waals surface area contributed by atoms with Crippen molar-refractivity contribution < 1.29 is 9.53 Å². The number of rotatable bonds is 6. The first-order valence-corrected chi connectivity index (χ1v) is 6.31. The van der Waals surface area contributed by atoms with Gasteiger partial charge in [-0.05, 0) is 38.8 Å². The van der Waals surface area contributed by atoms with Crippen LogP contribution in [-0.2, 0) is 9.53 Å². The third-order valence-corrected chi connectivity index (χ3v) is 3.28. The van der Waals surface area contributed by atoms with Crippen LogP contribution in [0.15, 0.2) is 0 Å². The fourth-order valence-corrected chi connectivity index (χ4v) is 2.22. The van der Waals surface area contributed by atoms with Gasteiger partial charge in [0.05, 0.1) is 12.0 Å². The molecule has 3 nitrogen and oxygen atoms in total. The van der Waals surface area contributed by atoms with E-state index in [1.165, 1.54) is 6.42 Å². The van der Waals surface area contributed by atoms with Gasteiger partial charge in [-0.25, -0.2) is 0 Å². The summed E-state index contributed by atoms with van der Waals surface area (Å²) < 4.78 is 5.44. The summed E-state index contributed by atoms with van der Waals surface area (Å²) >= 11 is 0. The summed E-state index contributed by atoms with van der Waals surface area (Å²) in [7, 11) is 2.10. The molecule has 1 heterocycles. The summed E-state index contributed by atoms with van der Waals surface area (Å²) in [5.74, 6) is 0.720. The lowest BCUT2D eigenvalue weighted by molar-refractivity contribution is -0.125. The summed E-state index contributed by atoms with van der Waals surface area (Å²) in [5, 5.41) is 0. The zero-order valence-corrected chi connectivity index (χ0v) is 10.9. The van der Waals surface area contributed by atoms with E-state index in [1.54, 1.807) is 0 Å². The molecular weight excluding hydrogens is 202 g/mol. The molecule has 0 aromatic heterocycles. The highest BCUT2D eigenvalue weighted by atomic mass is 16.5. The molecule has 1 saturated heterocycles. The van der Waals surface area contributed by atoms with E-state index in [0.29, 0.717) is 6.61 Å². The van der Waals surface area contributed by atoms with E-state index in [9.17, 15) is 4.79 Å². The second-order valence-corrected chi connectivity index (χ2v) is 5.56. The van der Waals surface area contributed by atoms with Crippen molar-refractivity contribution in [3.05, 3.63) is 0 Å². The fourth-order valence-electron chi connectivity index (χ4n) is 2.22. The SMILES string of the molecule is CC(C)CCN(C)CC1(C=O)CCCOC1. The Morgan fingerprint density at radius 1 is 1.50 bits per heavy atom. The monoisotopic (exact) mass is 227 g/mol. The van der Waals surface area contributed by atoms with E-state index < -0.39 is 0 Å². The van der Waals surface area contributed by atoms with Crippen molar-refractivity contribution in [3.8, 4) is 0 Å². The first kappa shape index (κ1) is 13.7. The van der Waals surface area contributed by atoms with Crippen molar-refractivity contribution in [2.45, 2.75) is 33.1 Å². The molecule has 1 fully saturated rings. The average Bonchev–Trinajstić information content (AvgIpc) is 2.28. The lowest BCUT2D eigenvalue weighted by atomic mass is 9.83. The smallest absolute Gasteiger partial charge is 0.129 e. The van der Waals surface area contributed by atoms with Crippen LogP contribution in [0.3, 0.4) is 0 Å². The van der Waals surface area contributed by atoms with Crippen LogP contribution in [0.5, 0.6) is 0 Å². The molecule has 1 aliphatic rings. The Kier molecular flexibility index (Phi) is 5.42. The molecule has 1 aliphatic heterocycles. The zero-order valence-electron chi connectivity index (χ0n) is 10.9. The first-order valence-electron chi connectivity index (χ1n) is 6.31. The van der Waals surface area contributed by atoms with Crippen LogP contribution in [-0.4, -0.2) is 44.5 Å². The number of hydrogen-bond acceptors (Lipinski definition) is 3. The van der Waals surface area contributed by atoms with Crippen molar-refractivity contribution in [1.29, 1.82) is 0 Å². The van der Waals surface area contributed by atoms with Gasteiger partial charge in [0.2, 0.25) is 0 Å². The largest absolute Gasteiger partial charge is 0.380 e. The highest BCUT2D eigenvalue weighted by Crippen LogP contribution is 2.27. The van der Waals surface area contributed by atoms with Gasteiger partial charge in [-0.3, -0.25) is 0 Å². The van der Waals surface area contributed by atoms with Crippen molar-refractivity contribution in [2.75, 3.05) is 33.4 Å². The maximum Gasteiger partial charge on any atom is 0.129 e. The second-order valence-electron chi connectivity index (χ2n) is 5.56. The van der Waals surface area contributed by atoms with Crippen LogP contribution in [0.25, 0.3) is 0 Å². The molecule has 0 amide bonds. The minimum Gasteiger partial charge on any atom is -0.380 e. The number of hydrogen-bond donors (Lipinski definition) is 0. The molecule has 94 valence electrons. The molecular formula is C13H25NO2. The predicted molar refractivity (Wildman–Crippen MR) is 65.5 cm³/mol. The lowest BCUT2D eigenvalue weighted by Crippen LogP contribution is -2.43. The second kappa shape index (κ2) is 6.36. The van der Waals surface area contributed by atoms with E-state index in [4.69, 9.17) is 4.74 Å². The minimum absolute atomic E-state index is 0.246. The Morgan fingerprint density at radius 3 is 2.75 bits per heavy atom. The summed E-state index contributed by atoms with van der Waals surface area (Å²) in [6.07, 6.45) is 4.28. The Bertz CT molecular complexity index is 210. The number of carbonyl (C=O) groups excluding carboxylic acids is 1. The van der Waals surface area contributed by atoms with Crippen LogP contribution in [0, 0.1) is 11.3 Å². The Morgan fingerprint density at radius 2 is 2.25 bits per heavy atom. The maximum atomic E-state index is 11.2. The van der Waals surface area contributed by atoms with Gasteiger partial charge in [-0.15, -0.1) is 0 Å². The van der Waals surface area contributed by atoms with Crippen LogP contribution < -0.4 is 0 Å².